The smallest absolute Gasteiger partial charge is 0.194 e. The highest BCUT2D eigenvalue weighted by Crippen LogP contribution is 2.23. The van der Waals surface area contributed by atoms with E-state index in [-0.39, 0.29) is 6.10 Å². The molecule has 2 atom stereocenters. The summed E-state index contributed by atoms with van der Waals surface area (Å²) in [5.74, 6) is 1.65. The van der Waals surface area contributed by atoms with Gasteiger partial charge in [0, 0.05) is 56.4 Å². The zero-order valence-corrected chi connectivity index (χ0v) is 19.0. The van der Waals surface area contributed by atoms with Crippen LogP contribution in [-0.4, -0.2) is 71.4 Å². The number of ether oxygens (including phenoxy) is 1. The van der Waals surface area contributed by atoms with Crippen LogP contribution in [0.5, 0.6) is 0 Å². The number of nitrogens with one attached hydrogen (secondary N) is 1. The lowest BCUT2D eigenvalue weighted by Gasteiger charge is -2.35. The second-order valence-electron chi connectivity index (χ2n) is 8.27. The van der Waals surface area contributed by atoms with Crippen LogP contribution in [0.4, 0.5) is 0 Å². The molecule has 2 unspecified atom stereocenters. The van der Waals surface area contributed by atoms with Crippen LogP contribution in [-0.2, 0) is 18.3 Å². The number of likely N-dealkylation sites (tertiary alicyclic amines) is 1. The predicted octanol–water partition coefficient (Wildman–Crippen LogP) is 2.73. The number of hydrogen-bond acceptors (Lipinski definition) is 5. The standard InChI is InChI=1S/C22H34N6OS/c1-3-23-22(28-9-10-29-21(17-28)19-13-25-26(2)15-19)24-12-18-6-4-8-27(14-18)16-20-7-5-11-30-20/h5,7,11,13,15,18,21H,3-4,6,8-10,12,14,16-17H2,1-2H3,(H,23,24). The lowest BCUT2D eigenvalue weighted by molar-refractivity contribution is -0.00808. The van der Waals surface area contributed by atoms with Gasteiger partial charge in [-0.1, -0.05) is 6.07 Å². The van der Waals surface area contributed by atoms with E-state index in [4.69, 9.17) is 9.73 Å². The number of nitrogens with zero attached hydrogens (tertiary/aromatic N) is 5. The van der Waals surface area contributed by atoms with Crippen molar-refractivity contribution in [3.05, 3.63) is 40.3 Å². The monoisotopic (exact) mass is 430 g/mol. The number of hydrogen-bond donors (Lipinski definition) is 1. The van der Waals surface area contributed by atoms with Gasteiger partial charge in [0.1, 0.15) is 6.10 Å². The number of guanidine groups is 1. The fourth-order valence-electron chi connectivity index (χ4n) is 4.36. The molecule has 4 rings (SSSR count). The zero-order chi connectivity index (χ0) is 20.8. The molecule has 2 fully saturated rings. The normalized spacial score (nSPS) is 23.7. The molecule has 2 saturated heterocycles. The van der Waals surface area contributed by atoms with Crippen LogP contribution < -0.4 is 5.32 Å². The van der Waals surface area contributed by atoms with Gasteiger partial charge in [0.05, 0.1) is 19.3 Å². The third-order valence-electron chi connectivity index (χ3n) is 5.86. The molecule has 1 N–H and O–H groups in total. The molecule has 0 aliphatic carbocycles. The van der Waals surface area contributed by atoms with Gasteiger partial charge in [0.15, 0.2) is 5.96 Å². The summed E-state index contributed by atoms with van der Waals surface area (Å²) in [6.45, 7) is 9.72. The average molecular weight is 431 g/mol. The summed E-state index contributed by atoms with van der Waals surface area (Å²) in [7, 11) is 1.95. The van der Waals surface area contributed by atoms with Crippen LogP contribution in [0, 0.1) is 5.92 Å². The first-order valence-electron chi connectivity index (χ1n) is 11.1. The molecule has 0 bridgehead atoms. The summed E-state index contributed by atoms with van der Waals surface area (Å²) < 4.78 is 7.85. The van der Waals surface area contributed by atoms with Gasteiger partial charge in [0.2, 0.25) is 0 Å². The number of thiophene rings is 1. The Morgan fingerprint density at radius 1 is 1.37 bits per heavy atom. The number of aromatic nitrogens is 2. The molecule has 7 nitrogen and oxygen atoms in total. The molecule has 2 aliphatic rings. The molecule has 0 spiro atoms. The predicted molar refractivity (Wildman–Crippen MR) is 122 cm³/mol. The first kappa shape index (κ1) is 21.3. The van der Waals surface area contributed by atoms with Crippen LogP contribution in [0.2, 0.25) is 0 Å². The van der Waals surface area contributed by atoms with E-state index in [0.29, 0.717) is 12.5 Å². The van der Waals surface area contributed by atoms with Crippen molar-refractivity contribution in [2.75, 3.05) is 45.9 Å². The second-order valence-corrected chi connectivity index (χ2v) is 9.30. The Hall–Kier alpha value is -1.90. The maximum Gasteiger partial charge on any atom is 0.194 e. The van der Waals surface area contributed by atoms with Gasteiger partial charge in [0.25, 0.3) is 0 Å². The van der Waals surface area contributed by atoms with Gasteiger partial charge in [-0.25, -0.2) is 0 Å². The number of aliphatic imine (C=N–C) groups is 1. The van der Waals surface area contributed by atoms with Crippen molar-refractivity contribution in [1.29, 1.82) is 0 Å². The van der Waals surface area contributed by atoms with E-state index < -0.39 is 0 Å². The van der Waals surface area contributed by atoms with Gasteiger partial charge >= 0.3 is 0 Å². The van der Waals surface area contributed by atoms with Crippen LogP contribution in [0.1, 0.15) is 36.3 Å². The summed E-state index contributed by atoms with van der Waals surface area (Å²) >= 11 is 1.86. The van der Waals surface area contributed by atoms with Crippen molar-refractivity contribution in [2.45, 2.75) is 32.4 Å². The molecule has 164 valence electrons. The zero-order valence-electron chi connectivity index (χ0n) is 18.2. The van der Waals surface area contributed by atoms with E-state index in [1.807, 2.05) is 35.5 Å². The van der Waals surface area contributed by atoms with E-state index >= 15 is 0 Å². The average Bonchev–Trinajstić information content (AvgIpc) is 3.43. The van der Waals surface area contributed by atoms with Gasteiger partial charge < -0.3 is 15.0 Å². The van der Waals surface area contributed by atoms with Gasteiger partial charge in [-0.3, -0.25) is 14.6 Å². The summed E-state index contributed by atoms with van der Waals surface area (Å²) in [5, 5.41) is 9.97. The summed E-state index contributed by atoms with van der Waals surface area (Å²) in [6.07, 6.45) is 6.53. The van der Waals surface area contributed by atoms with Gasteiger partial charge in [-0.2, -0.15) is 5.10 Å². The Balaban J connectivity index is 1.35. The van der Waals surface area contributed by atoms with Crippen molar-refractivity contribution in [3.8, 4) is 0 Å². The maximum atomic E-state index is 6.01. The fourth-order valence-corrected chi connectivity index (χ4v) is 5.10. The topological polar surface area (TPSA) is 57.9 Å². The van der Waals surface area contributed by atoms with Crippen molar-refractivity contribution in [3.63, 3.8) is 0 Å². The van der Waals surface area contributed by atoms with Crippen LogP contribution in [0.25, 0.3) is 0 Å². The van der Waals surface area contributed by atoms with E-state index in [2.05, 4.69) is 44.7 Å². The first-order chi connectivity index (χ1) is 14.7. The SMILES string of the molecule is CCNC(=NCC1CCCN(Cc2cccs2)C1)N1CCOC(c2cnn(C)c2)C1. The molecule has 30 heavy (non-hydrogen) atoms. The number of piperidine rings is 1. The lowest BCUT2D eigenvalue weighted by Crippen LogP contribution is -2.48. The maximum absolute atomic E-state index is 6.01. The number of morpholine rings is 1. The second kappa shape index (κ2) is 10.4. The molecule has 0 radical (unpaired) electrons. The van der Waals surface area contributed by atoms with E-state index in [1.165, 1.54) is 24.3 Å². The van der Waals surface area contributed by atoms with Gasteiger partial charge in [-0.15, -0.1) is 11.3 Å². The molecule has 0 aromatic carbocycles. The van der Waals surface area contributed by atoms with Crippen molar-refractivity contribution >= 4 is 17.3 Å². The highest BCUT2D eigenvalue weighted by atomic mass is 32.1. The van der Waals surface area contributed by atoms with Crippen molar-refractivity contribution < 1.29 is 4.74 Å². The minimum absolute atomic E-state index is 0.0484. The van der Waals surface area contributed by atoms with Crippen LogP contribution in [0.15, 0.2) is 34.9 Å². The Morgan fingerprint density at radius 2 is 2.30 bits per heavy atom. The Bertz CT molecular complexity index is 804. The minimum Gasteiger partial charge on any atom is -0.370 e. The summed E-state index contributed by atoms with van der Waals surface area (Å²) in [5.41, 5.74) is 1.13. The Morgan fingerprint density at radius 3 is 3.07 bits per heavy atom. The Labute approximate surface area is 183 Å². The molecule has 8 heteroatoms. The minimum atomic E-state index is 0.0484. The quantitative estimate of drug-likeness (QED) is 0.564. The largest absolute Gasteiger partial charge is 0.370 e. The molecule has 0 amide bonds. The molecule has 2 aromatic heterocycles. The molecular weight excluding hydrogens is 396 g/mol. The molecule has 2 aliphatic heterocycles. The van der Waals surface area contributed by atoms with E-state index in [0.717, 1.165) is 50.8 Å². The molecule has 0 saturated carbocycles. The third kappa shape index (κ3) is 5.62. The van der Waals surface area contributed by atoms with E-state index in [9.17, 15) is 0 Å². The number of rotatable bonds is 6. The Kier molecular flexibility index (Phi) is 7.41. The fraction of sp³-hybridized carbons (Fsp3) is 0.636. The third-order valence-corrected chi connectivity index (χ3v) is 6.72. The first-order valence-corrected chi connectivity index (χ1v) is 12.0. The lowest BCUT2D eigenvalue weighted by atomic mass is 9.98. The van der Waals surface area contributed by atoms with Crippen molar-refractivity contribution in [1.82, 2.24) is 24.9 Å². The highest BCUT2D eigenvalue weighted by Gasteiger charge is 2.26. The van der Waals surface area contributed by atoms with E-state index in [1.54, 1.807) is 0 Å². The summed E-state index contributed by atoms with van der Waals surface area (Å²) in [6, 6.07) is 4.39. The number of aryl methyl sites for hydroxylation is 1. The van der Waals surface area contributed by atoms with Gasteiger partial charge in [-0.05, 0) is 43.7 Å². The van der Waals surface area contributed by atoms with Crippen molar-refractivity contribution in [2.24, 2.45) is 18.0 Å². The summed E-state index contributed by atoms with van der Waals surface area (Å²) in [4.78, 5) is 11.5. The van der Waals surface area contributed by atoms with Crippen LogP contribution >= 0.6 is 11.3 Å². The molecule has 4 heterocycles. The van der Waals surface area contributed by atoms with Crippen LogP contribution in [0.3, 0.4) is 0 Å². The highest BCUT2D eigenvalue weighted by molar-refractivity contribution is 7.09. The molecular formula is C22H34N6OS. The molecule has 2 aromatic rings.